The maximum atomic E-state index is 5.68. The van der Waals surface area contributed by atoms with E-state index >= 15 is 0 Å². The largest absolute Gasteiger partial charge is 0.493 e. The minimum Gasteiger partial charge on any atom is -0.493 e. The van der Waals surface area contributed by atoms with Crippen molar-refractivity contribution in [2.75, 3.05) is 19.7 Å². The third-order valence-electron chi connectivity index (χ3n) is 2.39. The van der Waals surface area contributed by atoms with Crippen LogP contribution in [0.25, 0.3) is 0 Å². The van der Waals surface area contributed by atoms with Crippen molar-refractivity contribution in [3.05, 3.63) is 29.8 Å². The molecule has 4 N–H and O–H groups in total. The summed E-state index contributed by atoms with van der Waals surface area (Å²) in [6.07, 6.45) is 1.00. The molecule has 3 heteroatoms. The van der Waals surface area contributed by atoms with Crippen molar-refractivity contribution >= 4 is 0 Å². The summed E-state index contributed by atoms with van der Waals surface area (Å²) < 4.78 is 5.66. The lowest BCUT2D eigenvalue weighted by Crippen LogP contribution is -2.21. The van der Waals surface area contributed by atoms with Gasteiger partial charge in [-0.05, 0) is 18.1 Å². The first kappa shape index (κ1) is 12.0. The van der Waals surface area contributed by atoms with Crippen LogP contribution < -0.4 is 16.2 Å². The molecule has 0 atom stereocenters. The minimum absolute atomic E-state index is 0.193. The molecule has 0 saturated heterocycles. The van der Waals surface area contributed by atoms with Crippen LogP contribution in [0.4, 0.5) is 0 Å². The quantitative estimate of drug-likeness (QED) is 0.744. The number of para-hydroxylation sites is 1. The van der Waals surface area contributed by atoms with Crippen LogP contribution in [0.2, 0.25) is 0 Å². The van der Waals surface area contributed by atoms with Crippen LogP contribution in [-0.4, -0.2) is 19.7 Å². The number of nitrogens with two attached hydrogens (primary N) is 2. The summed E-state index contributed by atoms with van der Waals surface area (Å²) in [6.45, 7) is 3.94. The van der Waals surface area contributed by atoms with Gasteiger partial charge in [0.25, 0.3) is 0 Å². The Hall–Kier alpha value is -1.06. The Kier molecular flexibility index (Phi) is 5.15. The van der Waals surface area contributed by atoms with E-state index in [9.17, 15) is 0 Å². The molecule has 1 rings (SSSR count). The fourth-order valence-electron chi connectivity index (χ4n) is 1.51. The van der Waals surface area contributed by atoms with E-state index in [4.69, 9.17) is 16.2 Å². The van der Waals surface area contributed by atoms with Gasteiger partial charge in [0.05, 0.1) is 6.61 Å². The number of hydrogen-bond donors (Lipinski definition) is 2. The first-order chi connectivity index (χ1) is 7.33. The Morgan fingerprint density at radius 1 is 1.20 bits per heavy atom. The van der Waals surface area contributed by atoms with E-state index in [1.165, 1.54) is 0 Å². The van der Waals surface area contributed by atoms with E-state index in [-0.39, 0.29) is 5.92 Å². The molecule has 0 heterocycles. The Morgan fingerprint density at radius 2 is 1.87 bits per heavy atom. The van der Waals surface area contributed by atoms with Gasteiger partial charge in [-0.25, -0.2) is 0 Å². The zero-order valence-electron chi connectivity index (χ0n) is 9.28. The van der Waals surface area contributed by atoms with Crippen molar-refractivity contribution < 1.29 is 4.74 Å². The second-order valence-corrected chi connectivity index (χ2v) is 3.55. The van der Waals surface area contributed by atoms with Gasteiger partial charge in [-0.15, -0.1) is 0 Å². The van der Waals surface area contributed by atoms with Gasteiger partial charge in [-0.1, -0.05) is 25.1 Å². The lowest BCUT2D eigenvalue weighted by molar-refractivity contribution is 0.312. The SMILES string of the molecule is CCCOc1ccccc1C(CN)CN. The van der Waals surface area contributed by atoms with Crippen molar-refractivity contribution in [2.24, 2.45) is 11.5 Å². The molecule has 84 valence electrons. The average Bonchev–Trinajstić information content (AvgIpc) is 2.29. The summed E-state index contributed by atoms with van der Waals surface area (Å²) in [5.74, 6) is 1.11. The monoisotopic (exact) mass is 208 g/mol. The molecular weight excluding hydrogens is 188 g/mol. The molecule has 1 aromatic carbocycles. The molecule has 0 fully saturated rings. The minimum atomic E-state index is 0.193. The molecule has 0 radical (unpaired) electrons. The number of rotatable bonds is 6. The Labute approximate surface area is 91.4 Å². The van der Waals surface area contributed by atoms with E-state index in [0.29, 0.717) is 13.1 Å². The van der Waals surface area contributed by atoms with Gasteiger partial charge in [0.15, 0.2) is 0 Å². The van der Waals surface area contributed by atoms with Crippen LogP contribution >= 0.6 is 0 Å². The molecule has 0 amide bonds. The highest BCUT2D eigenvalue weighted by atomic mass is 16.5. The molecule has 0 aliphatic heterocycles. The highest BCUT2D eigenvalue weighted by Crippen LogP contribution is 2.25. The predicted molar refractivity (Wildman–Crippen MR) is 63.1 cm³/mol. The van der Waals surface area contributed by atoms with E-state index in [1.54, 1.807) is 0 Å². The second-order valence-electron chi connectivity index (χ2n) is 3.55. The maximum Gasteiger partial charge on any atom is 0.122 e. The van der Waals surface area contributed by atoms with Crippen LogP contribution in [0.1, 0.15) is 24.8 Å². The molecule has 0 aliphatic rings. The molecule has 0 bridgehead atoms. The predicted octanol–water partition coefficient (Wildman–Crippen LogP) is 1.48. The van der Waals surface area contributed by atoms with Crippen molar-refractivity contribution in [3.63, 3.8) is 0 Å². The van der Waals surface area contributed by atoms with Gasteiger partial charge in [0.2, 0.25) is 0 Å². The molecule has 0 aromatic heterocycles. The summed E-state index contributed by atoms with van der Waals surface area (Å²) in [4.78, 5) is 0. The third-order valence-corrected chi connectivity index (χ3v) is 2.39. The van der Waals surface area contributed by atoms with Gasteiger partial charge < -0.3 is 16.2 Å². The van der Waals surface area contributed by atoms with Crippen LogP contribution in [-0.2, 0) is 0 Å². The fourth-order valence-corrected chi connectivity index (χ4v) is 1.51. The first-order valence-electron chi connectivity index (χ1n) is 5.45. The van der Waals surface area contributed by atoms with Crippen LogP contribution in [0.3, 0.4) is 0 Å². The highest BCUT2D eigenvalue weighted by Gasteiger charge is 2.12. The summed E-state index contributed by atoms with van der Waals surface area (Å²) in [5, 5.41) is 0. The normalized spacial score (nSPS) is 10.7. The summed E-state index contributed by atoms with van der Waals surface area (Å²) in [6, 6.07) is 7.98. The second kappa shape index (κ2) is 6.43. The third kappa shape index (κ3) is 3.22. The maximum absolute atomic E-state index is 5.68. The Balaban J connectivity index is 2.84. The van der Waals surface area contributed by atoms with Crippen LogP contribution in [0.5, 0.6) is 5.75 Å². The van der Waals surface area contributed by atoms with E-state index in [2.05, 4.69) is 6.92 Å². The Bertz CT molecular complexity index is 285. The Morgan fingerprint density at radius 3 is 2.47 bits per heavy atom. The van der Waals surface area contributed by atoms with Gasteiger partial charge in [0, 0.05) is 19.0 Å². The van der Waals surface area contributed by atoms with E-state index in [1.807, 2.05) is 24.3 Å². The zero-order valence-corrected chi connectivity index (χ0v) is 9.28. The summed E-state index contributed by atoms with van der Waals surface area (Å²) in [5.41, 5.74) is 12.5. The number of hydrogen-bond acceptors (Lipinski definition) is 3. The highest BCUT2D eigenvalue weighted by molar-refractivity contribution is 5.36. The van der Waals surface area contributed by atoms with Crippen molar-refractivity contribution in [3.8, 4) is 5.75 Å². The standard InChI is InChI=1S/C12H20N2O/c1-2-7-15-12-6-4-3-5-11(12)10(8-13)9-14/h3-6,10H,2,7-9,13-14H2,1H3. The summed E-state index contributed by atoms with van der Waals surface area (Å²) >= 11 is 0. The molecule has 1 aromatic rings. The summed E-state index contributed by atoms with van der Waals surface area (Å²) in [7, 11) is 0. The first-order valence-corrected chi connectivity index (χ1v) is 5.45. The van der Waals surface area contributed by atoms with Gasteiger partial charge in [0.1, 0.15) is 5.75 Å². The van der Waals surface area contributed by atoms with Gasteiger partial charge in [-0.2, -0.15) is 0 Å². The lowest BCUT2D eigenvalue weighted by atomic mass is 9.98. The smallest absolute Gasteiger partial charge is 0.122 e. The molecule has 15 heavy (non-hydrogen) atoms. The lowest BCUT2D eigenvalue weighted by Gasteiger charge is -2.17. The van der Waals surface area contributed by atoms with Crippen molar-refractivity contribution in [2.45, 2.75) is 19.3 Å². The average molecular weight is 208 g/mol. The molecule has 0 aliphatic carbocycles. The molecule has 0 saturated carbocycles. The van der Waals surface area contributed by atoms with Crippen LogP contribution in [0, 0.1) is 0 Å². The number of ether oxygens (including phenoxy) is 1. The van der Waals surface area contributed by atoms with Crippen molar-refractivity contribution in [1.82, 2.24) is 0 Å². The molecular formula is C12H20N2O. The van der Waals surface area contributed by atoms with E-state index < -0.39 is 0 Å². The van der Waals surface area contributed by atoms with Gasteiger partial charge >= 0.3 is 0 Å². The zero-order chi connectivity index (χ0) is 11.1. The fraction of sp³-hybridized carbons (Fsp3) is 0.500. The number of benzene rings is 1. The van der Waals surface area contributed by atoms with Gasteiger partial charge in [-0.3, -0.25) is 0 Å². The molecule has 3 nitrogen and oxygen atoms in total. The van der Waals surface area contributed by atoms with Crippen molar-refractivity contribution in [1.29, 1.82) is 0 Å². The van der Waals surface area contributed by atoms with Crippen LogP contribution in [0.15, 0.2) is 24.3 Å². The molecule has 0 spiro atoms. The topological polar surface area (TPSA) is 61.3 Å². The molecule has 0 unspecified atom stereocenters. The van der Waals surface area contributed by atoms with E-state index in [0.717, 1.165) is 24.3 Å².